The van der Waals surface area contributed by atoms with Crippen LogP contribution in [-0.4, -0.2) is 64.0 Å². The van der Waals surface area contributed by atoms with Crippen LogP contribution in [0.2, 0.25) is 0 Å². The lowest BCUT2D eigenvalue weighted by molar-refractivity contribution is -0.143. The van der Waals surface area contributed by atoms with Crippen LogP contribution in [0.4, 0.5) is 0 Å². The van der Waals surface area contributed by atoms with E-state index in [0.29, 0.717) is 0 Å². The number of benzene rings is 2. The Kier molecular flexibility index (Phi) is 12.1. The number of nitrogens with two attached hydrogens (primary N) is 1. The summed E-state index contributed by atoms with van der Waals surface area (Å²) < 4.78 is 0. The summed E-state index contributed by atoms with van der Waals surface area (Å²) in [6.45, 7) is 3.31. The average Bonchev–Trinajstić information content (AvgIpc) is 2.90. The summed E-state index contributed by atoms with van der Waals surface area (Å²) in [5.74, 6) is -4.78. The number of aliphatic carboxylic acids is 2. The van der Waals surface area contributed by atoms with Gasteiger partial charge in [-0.05, 0) is 23.5 Å². The van der Waals surface area contributed by atoms with Crippen molar-refractivity contribution in [3.05, 3.63) is 71.8 Å². The molecule has 39 heavy (non-hydrogen) atoms. The fourth-order valence-corrected chi connectivity index (χ4v) is 3.85. The smallest absolute Gasteiger partial charge is 0.326 e. The Hall–Kier alpha value is -4.25. The Balaban J connectivity index is 2.29. The van der Waals surface area contributed by atoms with Gasteiger partial charge in [-0.25, -0.2) is 4.79 Å². The van der Waals surface area contributed by atoms with Gasteiger partial charge in [-0.15, -0.1) is 0 Å². The molecule has 0 saturated carbocycles. The SMILES string of the molecule is CC(C)C(NC(=O)C(Cc1ccccc1)NC(=O)C(Cc1ccccc1)NC(=O)C(N)CCC(=O)O)C(=O)O. The van der Waals surface area contributed by atoms with Gasteiger partial charge in [-0.2, -0.15) is 0 Å². The zero-order valence-electron chi connectivity index (χ0n) is 22.0. The highest BCUT2D eigenvalue weighted by molar-refractivity contribution is 5.94. The minimum absolute atomic E-state index is 0.0764. The van der Waals surface area contributed by atoms with E-state index in [1.807, 2.05) is 0 Å². The second-order valence-corrected chi connectivity index (χ2v) is 9.61. The second kappa shape index (κ2) is 15.2. The molecule has 4 atom stereocenters. The summed E-state index contributed by atoms with van der Waals surface area (Å²) in [5, 5.41) is 26.2. The Morgan fingerprint density at radius 3 is 1.56 bits per heavy atom. The van der Waals surface area contributed by atoms with Crippen LogP contribution >= 0.6 is 0 Å². The van der Waals surface area contributed by atoms with Crippen molar-refractivity contribution in [1.82, 2.24) is 16.0 Å². The molecule has 0 heterocycles. The zero-order chi connectivity index (χ0) is 28.9. The Morgan fingerprint density at radius 1 is 0.718 bits per heavy atom. The highest BCUT2D eigenvalue weighted by Crippen LogP contribution is 2.09. The maximum Gasteiger partial charge on any atom is 0.326 e. The molecule has 0 aliphatic carbocycles. The molecule has 0 bridgehead atoms. The molecular formula is C28H36N4O7. The number of nitrogens with one attached hydrogen (secondary N) is 3. The van der Waals surface area contributed by atoms with Gasteiger partial charge in [0.15, 0.2) is 0 Å². The molecule has 0 aliphatic rings. The number of hydrogen-bond donors (Lipinski definition) is 6. The number of carbonyl (C=O) groups excluding carboxylic acids is 3. The average molecular weight is 541 g/mol. The van der Waals surface area contributed by atoms with Crippen molar-refractivity contribution >= 4 is 29.7 Å². The van der Waals surface area contributed by atoms with E-state index in [2.05, 4.69) is 16.0 Å². The molecule has 0 radical (unpaired) electrons. The molecule has 210 valence electrons. The standard InChI is InChI=1S/C28H36N4O7/c1-17(2)24(28(38)39)32-27(37)22(16-19-11-7-4-8-12-19)31-26(36)21(15-18-9-5-3-6-10-18)30-25(35)20(29)13-14-23(33)34/h3-12,17,20-22,24H,13-16,29H2,1-2H3,(H,30,35)(H,31,36)(H,32,37)(H,33,34)(H,38,39). The van der Waals surface area contributed by atoms with E-state index in [0.717, 1.165) is 11.1 Å². The molecule has 3 amide bonds. The maximum absolute atomic E-state index is 13.5. The van der Waals surface area contributed by atoms with Crippen molar-refractivity contribution in [3.63, 3.8) is 0 Å². The van der Waals surface area contributed by atoms with E-state index >= 15 is 0 Å². The second-order valence-electron chi connectivity index (χ2n) is 9.61. The molecule has 0 aromatic heterocycles. The van der Waals surface area contributed by atoms with Gasteiger partial charge >= 0.3 is 11.9 Å². The third kappa shape index (κ3) is 10.6. The zero-order valence-corrected chi connectivity index (χ0v) is 22.0. The summed E-state index contributed by atoms with van der Waals surface area (Å²) >= 11 is 0. The van der Waals surface area contributed by atoms with Crippen LogP contribution in [0.15, 0.2) is 60.7 Å². The van der Waals surface area contributed by atoms with Crippen LogP contribution in [0, 0.1) is 5.92 Å². The molecule has 2 rings (SSSR count). The van der Waals surface area contributed by atoms with Crippen molar-refractivity contribution in [2.45, 2.75) is 63.7 Å². The van der Waals surface area contributed by atoms with E-state index in [4.69, 9.17) is 10.8 Å². The van der Waals surface area contributed by atoms with E-state index in [1.54, 1.807) is 74.5 Å². The monoisotopic (exact) mass is 540 g/mol. The van der Waals surface area contributed by atoms with Gasteiger partial charge < -0.3 is 31.9 Å². The Labute approximate surface area is 227 Å². The van der Waals surface area contributed by atoms with E-state index in [9.17, 15) is 29.1 Å². The quantitative estimate of drug-likeness (QED) is 0.192. The summed E-state index contributed by atoms with van der Waals surface area (Å²) in [4.78, 5) is 61.9. The highest BCUT2D eigenvalue weighted by Gasteiger charge is 2.31. The molecule has 11 heteroatoms. The first-order valence-electron chi connectivity index (χ1n) is 12.7. The van der Waals surface area contributed by atoms with E-state index < -0.39 is 59.7 Å². The molecule has 0 spiro atoms. The Morgan fingerprint density at radius 2 is 1.15 bits per heavy atom. The van der Waals surface area contributed by atoms with Crippen LogP contribution in [0.25, 0.3) is 0 Å². The summed E-state index contributed by atoms with van der Waals surface area (Å²) in [7, 11) is 0. The van der Waals surface area contributed by atoms with Gasteiger partial charge in [0.05, 0.1) is 6.04 Å². The summed E-state index contributed by atoms with van der Waals surface area (Å²) in [6.07, 6.45) is -0.282. The third-order valence-corrected chi connectivity index (χ3v) is 6.07. The molecule has 2 aromatic carbocycles. The van der Waals surface area contributed by atoms with Gasteiger partial charge in [-0.3, -0.25) is 19.2 Å². The first kappa shape index (κ1) is 31.0. The normalized spacial score (nSPS) is 13.9. The summed E-state index contributed by atoms with van der Waals surface area (Å²) in [6, 6.07) is 13.2. The van der Waals surface area contributed by atoms with Crippen LogP contribution in [0.1, 0.15) is 37.8 Å². The highest BCUT2D eigenvalue weighted by atomic mass is 16.4. The number of carboxylic acids is 2. The van der Waals surface area contributed by atoms with Gasteiger partial charge in [0.2, 0.25) is 17.7 Å². The van der Waals surface area contributed by atoms with Gasteiger partial charge in [0.1, 0.15) is 18.1 Å². The molecule has 7 N–H and O–H groups in total. The van der Waals surface area contributed by atoms with Crippen LogP contribution < -0.4 is 21.7 Å². The van der Waals surface area contributed by atoms with Crippen molar-refractivity contribution in [2.75, 3.05) is 0 Å². The fraction of sp³-hybridized carbons (Fsp3) is 0.393. The first-order chi connectivity index (χ1) is 18.5. The predicted molar refractivity (Wildman–Crippen MR) is 143 cm³/mol. The minimum atomic E-state index is -1.20. The van der Waals surface area contributed by atoms with Crippen molar-refractivity contribution in [3.8, 4) is 0 Å². The van der Waals surface area contributed by atoms with Crippen molar-refractivity contribution in [2.24, 2.45) is 11.7 Å². The van der Waals surface area contributed by atoms with Gasteiger partial charge in [0.25, 0.3) is 0 Å². The van der Waals surface area contributed by atoms with Crippen molar-refractivity contribution in [1.29, 1.82) is 0 Å². The van der Waals surface area contributed by atoms with Crippen molar-refractivity contribution < 1.29 is 34.2 Å². The van der Waals surface area contributed by atoms with Crippen LogP contribution in [0.3, 0.4) is 0 Å². The topological polar surface area (TPSA) is 188 Å². The lowest BCUT2D eigenvalue weighted by Gasteiger charge is -2.26. The van der Waals surface area contributed by atoms with E-state index in [1.165, 1.54) is 0 Å². The molecular weight excluding hydrogens is 504 g/mol. The largest absolute Gasteiger partial charge is 0.481 e. The molecule has 0 aliphatic heterocycles. The molecule has 4 unspecified atom stereocenters. The van der Waals surface area contributed by atoms with Crippen LogP contribution in [0.5, 0.6) is 0 Å². The number of carbonyl (C=O) groups is 5. The molecule has 11 nitrogen and oxygen atoms in total. The lowest BCUT2D eigenvalue weighted by Crippen LogP contribution is -2.58. The maximum atomic E-state index is 13.5. The summed E-state index contributed by atoms with van der Waals surface area (Å²) in [5.41, 5.74) is 7.30. The number of amides is 3. The van der Waals surface area contributed by atoms with E-state index in [-0.39, 0.29) is 25.7 Å². The minimum Gasteiger partial charge on any atom is -0.481 e. The molecule has 0 fully saturated rings. The molecule has 0 saturated heterocycles. The lowest BCUT2D eigenvalue weighted by atomic mass is 10.0. The fourth-order valence-electron chi connectivity index (χ4n) is 3.85. The van der Waals surface area contributed by atoms with Crippen LogP contribution in [-0.2, 0) is 36.8 Å². The first-order valence-corrected chi connectivity index (χ1v) is 12.7. The van der Waals surface area contributed by atoms with Gasteiger partial charge in [0, 0.05) is 19.3 Å². The Bertz CT molecular complexity index is 1130. The number of carboxylic acid groups (broad SMARTS) is 2. The number of hydrogen-bond acceptors (Lipinski definition) is 6. The number of rotatable bonds is 15. The predicted octanol–water partition coefficient (Wildman–Crippen LogP) is 0.859. The third-order valence-electron chi connectivity index (χ3n) is 6.07. The van der Waals surface area contributed by atoms with Gasteiger partial charge in [-0.1, -0.05) is 74.5 Å². The molecule has 2 aromatic rings.